The van der Waals surface area contributed by atoms with Crippen molar-refractivity contribution in [3.05, 3.63) is 52.3 Å². The number of benzene rings is 1. The van der Waals surface area contributed by atoms with E-state index in [1.165, 1.54) is 6.07 Å². The van der Waals surface area contributed by atoms with E-state index in [0.29, 0.717) is 10.6 Å². The number of aliphatic hydroxyl groups excluding tert-OH is 1. The van der Waals surface area contributed by atoms with Crippen LogP contribution in [0.1, 0.15) is 40.4 Å². The molecule has 2 aromatic rings. The van der Waals surface area contributed by atoms with Crippen LogP contribution in [0, 0.1) is 0 Å². The summed E-state index contributed by atoms with van der Waals surface area (Å²) >= 11 is 6.16. The number of carbonyl (C=O) groups is 3. The fourth-order valence-corrected chi connectivity index (χ4v) is 2.74. The number of rotatable bonds is 9. The molecule has 0 radical (unpaired) electrons. The molecule has 0 bridgehead atoms. The molecule has 29 heavy (non-hydrogen) atoms. The van der Waals surface area contributed by atoms with Gasteiger partial charge in [0.1, 0.15) is 5.69 Å². The van der Waals surface area contributed by atoms with E-state index in [4.69, 9.17) is 21.1 Å². The number of nitrogens with zero attached hydrogens (tertiary/aromatic N) is 1. The summed E-state index contributed by atoms with van der Waals surface area (Å²) in [4.78, 5) is 36.3. The standard InChI is InChI=1S/C19H22ClN3O6/c1-3-28-18(26)15-10-14(22-23-15)17(25)21-13(16(24)19(27)29-4-2)9-11-7-5-6-8-12(11)20/h5-8,10,13,16,24H,3-4,9H2,1-2H3,(H,21,25)(H,22,23). The summed E-state index contributed by atoms with van der Waals surface area (Å²) in [6.07, 6.45) is -1.56. The van der Waals surface area contributed by atoms with Gasteiger partial charge in [-0.15, -0.1) is 0 Å². The van der Waals surface area contributed by atoms with Crippen LogP contribution in [0.3, 0.4) is 0 Å². The summed E-state index contributed by atoms with van der Waals surface area (Å²) in [7, 11) is 0. The molecule has 0 aliphatic carbocycles. The Bertz CT molecular complexity index is 869. The monoisotopic (exact) mass is 423 g/mol. The van der Waals surface area contributed by atoms with Crippen molar-refractivity contribution in [3.63, 3.8) is 0 Å². The summed E-state index contributed by atoms with van der Waals surface area (Å²) in [6, 6.07) is 7.04. The number of ether oxygens (including phenoxy) is 2. The first kappa shape index (κ1) is 22.4. The lowest BCUT2D eigenvalue weighted by Crippen LogP contribution is -2.49. The molecule has 10 heteroatoms. The first-order valence-corrected chi connectivity index (χ1v) is 9.36. The van der Waals surface area contributed by atoms with E-state index >= 15 is 0 Å². The second-order valence-corrected chi connectivity index (χ2v) is 6.37. The van der Waals surface area contributed by atoms with Gasteiger partial charge >= 0.3 is 11.9 Å². The summed E-state index contributed by atoms with van der Waals surface area (Å²) in [6.45, 7) is 3.50. The number of carbonyl (C=O) groups excluding carboxylic acids is 3. The number of nitrogens with one attached hydrogen (secondary N) is 2. The average molecular weight is 424 g/mol. The minimum absolute atomic E-state index is 0.00518. The van der Waals surface area contributed by atoms with Gasteiger partial charge in [0, 0.05) is 11.1 Å². The van der Waals surface area contributed by atoms with Crippen LogP contribution in [0.25, 0.3) is 0 Å². The molecule has 1 aromatic carbocycles. The molecular formula is C19H22ClN3O6. The molecule has 0 aliphatic rings. The third-order valence-electron chi connectivity index (χ3n) is 3.93. The SMILES string of the molecule is CCOC(=O)c1cc(C(=O)NC(Cc2ccccc2Cl)C(O)C(=O)OCC)n[nH]1. The number of H-pyrrole nitrogens is 1. The summed E-state index contributed by atoms with van der Waals surface area (Å²) < 4.78 is 9.68. The van der Waals surface area contributed by atoms with Gasteiger partial charge in [-0.2, -0.15) is 5.10 Å². The van der Waals surface area contributed by atoms with Crippen molar-refractivity contribution in [2.24, 2.45) is 0 Å². The van der Waals surface area contributed by atoms with Gasteiger partial charge in [-0.25, -0.2) is 9.59 Å². The van der Waals surface area contributed by atoms with Crippen molar-refractivity contribution in [1.29, 1.82) is 0 Å². The fourth-order valence-electron chi connectivity index (χ4n) is 2.53. The molecule has 9 nitrogen and oxygen atoms in total. The number of aromatic nitrogens is 2. The third kappa shape index (κ3) is 6.03. The third-order valence-corrected chi connectivity index (χ3v) is 4.30. The fraction of sp³-hybridized carbons (Fsp3) is 0.368. The Morgan fingerprint density at radius 2 is 1.90 bits per heavy atom. The van der Waals surface area contributed by atoms with Crippen molar-refractivity contribution in [3.8, 4) is 0 Å². The van der Waals surface area contributed by atoms with Gasteiger partial charge in [-0.05, 0) is 31.9 Å². The lowest BCUT2D eigenvalue weighted by Gasteiger charge is -2.23. The molecular weight excluding hydrogens is 402 g/mol. The van der Waals surface area contributed by atoms with Crippen LogP contribution in [0.2, 0.25) is 5.02 Å². The highest BCUT2D eigenvalue weighted by Crippen LogP contribution is 2.18. The van der Waals surface area contributed by atoms with Crippen molar-refractivity contribution >= 4 is 29.4 Å². The highest BCUT2D eigenvalue weighted by atomic mass is 35.5. The maximum Gasteiger partial charge on any atom is 0.356 e. The zero-order valence-electron chi connectivity index (χ0n) is 16.0. The number of hydrogen-bond donors (Lipinski definition) is 3. The van der Waals surface area contributed by atoms with Crippen LogP contribution in [0.4, 0.5) is 0 Å². The number of aliphatic hydroxyl groups is 1. The zero-order valence-corrected chi connectivity index (χ0v) is 16.7. The van der Waals surface area contributed by atoms with Crippen LogP contribution in [0.15, 0.2) is 30.3 Å². The number of aromatic amines is 1. The molecule has 0 aliphatic heterocycles. The van der Waals surface area contributed by atoms with Crippen molar-refractivity contribution in [2.75, 3.05) is 13.2 Å². The van der Waals surface area contributed by atoms with Crippen LogP contribution in [-0.2, 0) is 20.7 Å². The number of halogens is 1. The van der Waals surface area contributed by atoms with Crippen LogP contribution >= 0.6 is 11.6 Å². The average Bonchev–Trinajstić information content (AvgIpc) is 3.19. The summed E-state index contributed by atoms with van der Waals surface area (Å²) in [5.74, 6) is -2.23. The van der Waals surface area contributed by atoms with Gasteiger partial charge in [-0.1, -0.05) is 29.8 Å². The molecule has 1 heterocycles. The first-order chi connectivity index (χ1) is 13.9. The van der Waals surface area contributed by atoms with Gasteiger partial charge in [0.15, 0.2) is 11.8 Å². The van der Waals surface area contributed by atoms with Crippen molar-refractivity contribution in [2.45, 2.75) is 32.4 Å². The van der Waals surface area contributed by atoms with Gasteiger partial charge in [0.05, 0.1) is 19.3 Å². The Balaban J connectivity index is 2.20. The van der Waals surface area contributed by atoms with Gasteiger partial charge in [-0.3, -0.25) is 9.89 Å². The number of esters is 2. The minimum atomic E-state index is -1.63. The van der Waals surface area contributed by atoms with Gasteiger partial charge in [0.25, 0.3) is 5.91 Å². The van der Waals surface area contributed by atoms with E-state index in [0.717, 1.165) is 0 Å². The Hall–Kier alpha value is -2.91. The maximum atomic E-state index is 12.6. The van der Waals surface area contributed by atoms with Crippen LogP contribution in [0.5, 0.6) is 0 Å². The Morgan fingerprint density at radius 3 is 2.55 bits per heavy atom. The molecule has 0 saturated carbocycles. The van der Waals surface area contributed by atoms with Crippen LogP contribution in [-0.4, -0.2) is 58.5 Å². The molecule has 2 atom stereocenters. The van der Waals surface area contributed by atoms with E-state index in [9.17, 15) is 19.5 Å². The molecule has 1 amide bonds. The first-order valence-electron chi connectivity index (χ1n) is 8.98. The molecule has 156 valence electrons. The maximum absolute atomic E-state index is 12.6. The summed E-state index contributed by atoms with van der Waals surface area (Å²) in [5.41, 5.74) is 0.524. The van der Waals surface area contributed by atoms with Crippen LogP contribution < -0.4 is 5.32 Å². The Labute approximate surface area is 172 Å². The van der Waals surface area contributed by atoms with E-state index < -0.39 is 30.0 Å². The molecule has 1 aromatic heterocycles. The molecule has 0 spiro atoms. The lowest BCUT2D eigenvalue weighted by atomic mass is 10.0. The Morgan fingerprint density at radius 1 is 1.21 bits per heavy atom. The minimum Gasteiger partial charge on any atom is -0.464 e. The van der Waals surface area contributed by atoms with E-state index in [-0.39, 0.29) is 31.0 Å². The lowest BCUT2D eigenvalue weighted by molar-refractivity contribution is -0.154. The van der Waals surface area contributed by atoms with Gasteiger partial charge in [0.2, 0.25) is 0 Å². The predicted octanol–water partition coefficient (Wildman–Crippen LogP) is 1.50. The molecule has 0 fully saturated rings. The second kappa shape index (κ2) is 10.6. The van der Waals surface area contributed by atoms with Crippen molar-refractivity contribution < 1.29 is 29.0 Å². The Kier molecular flexibility index (Phi) is 8.17. The smallest absolute Gasteiger partial charge is 0.356 e. The molecule has 2 unspecified atom stereocenters. The normalized spacial score (nSPS) is 12.7. The zero-order chi connectivity index (χ0) is 21.4. The molecule has 2 rings (SSSR count). The highest BCUT2D eigenvalue weighted by Gasteiger charge is 2.30. The molecule has 3 N–H and O–H groups in total. The van der Waals surface area contributed by atoms with E-state index in [1.54, 1.807) is 38.1 Å². The number of amides is 1. The van der Waals surface area contributed by atoms with E-state index in [2.05, 4.69) is 15.5 Å². The van der Waals surface area contributed by atoms with Crippen molar-refractivity contribution in [1.82, 2.24) is 15.5 Å². The predicted molar refractivity (Wildman–Crippen MR) is 104 cm³/mol. The number of hydrogen-bond acceptors (Lipinski definition) is 7. The highest BCUT2D eigenvalue weighted by molar-refractivity contribution is 6.31. The summed E-state index contributed by atoms with van der Waals surface area (Å²) in [5, 5.41) is 19.5. The van der Waals surface area contributed by atoms with E-state index in [1.807, 2.05) is 0 Å². The largest absolute Gasteiger partial charge is 0.464 e. The second-order valence-electron chi connectivity index (χ2n) is 5.96. The quantitative estimate of drug-likeness (QED) is 0.521. The van der Waals surface area contributed by atoms with Gasteiger partial charge < -0.3 is 19.9 Å². The topological polar surface area (TPSA) is 131 Å². The molecule has 0 saturated heterocycles.